The average molecular weight is 172 g/mol. The molecule has 0 bridgehead atoms. The summed E-state index contributed by atoms with van der Waals surface area (Å²) in [5.41, 5.74) is 0. The Labute approximate surface area is 74.9 Å². The molecule has 1 rings (SSSR count). The third-order valence-corrected chi connectivity index (χ3v) is 2.66. The molecule has 2 heteroatoms. The lowest BCUT2D eigenvalue weighted by molar-refractivity contribution is -0.0677. The minimum atomic E-state index is -0.0771. The fourth-order valence-electron chi connectivity index (χ4n) is 1.82. The van der Waals surface area contributed by atoms with Gasteiger partial charge in [-0.1, -0.05) is 13.3 Å². The molecule has 12 heavy (non-hydrogen) atoms. The van der Waals surface area contributed by atoms with E-state index >= 15 is 0 Å². The molecule has 1 fully saturated rings. The molecule has 0 saturated heterocycles. The first-order chi connectivity index (χ1) is 5.77. The fraction of sp³-hybridized carbons (Fsp3) is 1.00. The monoisotopic (exact) mass is 172 g/mol. The highest BCUT2D eigenvalue weighted by atomic mass is 16.5. The third kappa shape index (κ3) is 2.46. The van der Waals surface area contributed by atoms with Gasteiger partial charge in [0.1, 0.15) is 0 Å². The first kappa shape index (κ1) is 10.0. The minimum absolute atomic E-state index is 0.0771. The van der Waals surface area contributed by atoms with Crippen LogP contribution in [0.3, 0.4) is 0 Å². The van der Waals surface area contributed by atoms with E-state index in [1.54, 1.807) is 0 Å². The maximum absolute atomic E-state index is 9.60. The lowest BCUT2D eigenvalue weighted by atomic mass is 9.77. The third-order valence-electron chi connectivity index (χ3n) is 2.66. The van der Waals surface area contributed by atoms with Crippen LogP contribution in [0.2, 0.25) is 0 Å². The molecule has 1 N–H and O–H groups in total. The largest absolute Gasteiger partial charge is 0.393 e. The smallest absolute Gasteiger partial charge is 0.0582 e. The molecular weight excluding hydrogens is 152 g/mol. The zero-order chi connectivity index (χ0) is 8.97. The fourth-order valence-corrected chi connectivity index (χ4v) is 1.82. The first-order valence-electron chi connectivity index (χ1n) is 5.07. The van der Waals surface area contributed by atoms with Crippen LogP contribution in [-0.4, -0.2) is 23.9 Å². The second kappa shape index (κ2) is 4.83. The summed E-state index contributed by atoms with van der Waals surface area (Å²) < 4.78 is 5.43. The summed E-state index contributed by atoms with van der Waals surface area (Å²) in [7, 11) is 0. The Morgan fingerprint density at radius 1 is 1.42 bits per heavy atom. The quantitative estimate of drug-likeness (QED) is 0.687. The lowest BCUT2D eigenvalue weighted by Gasteiger charge is -2.37. The van der Waals surface area contributed by atoms with Crippen LogP contribution in [0.1, 0.15) is 39.5 Å². The number of aliphatic hydroxyl groups is 1. The van der Waals surface area contributed by atoms with Crippen LogP contribution in [0.5, 0.6) is 0 Å². The average Bonchev–Trinajstić information content (AvgIpc) is 1.96. The lowest BCUT2D eigenvalue weighted by Crippen LogP contribution is -2.38. The summed E-state index contributed by atoms with van der Waals surface area (Å²) in [6.07, 6.45) is 4.52. The molecule has 0 aromatic carbocycles. The van der Waals surface area contributed by atoms with Crippen molar-refractivity contribution < 1.29 is 9.84 Å². The van der Waals surface area contributed by atoms with Crippen molar-refractivity contribution in [2.24, 2.45) is 5.92 Å². The second-order valence-corrected chi connectivity index (χ2v) is 3.66. The van der Waals surface area contributed by atoms with E-state index in [0.717, 1.165) is 32.3 Å². The van der Waals surface area contributed by atoms with Crippen molar-refractivity contribution in [1.82, 2.24) is 0 Å². The Balaban J connectivity index is 2.07. The van der Waals surface area contributed by atoms with E-state index in [9.17, 15) is 5.11 Å². The van der Waals surface area contributed by atoms with Gasteiger partial charge in [0.05, 0.1) is 12.2 Å². The summed E-state index contributed by atoms with van der Waals surface area (Å²) >= 11 is 0. The highest BCUT2D eigenvalue weighted by molar-refractivity contribution is 4.84. The van der Waals surface area contributed by atoms with Crippen LogP contribution in [0, 0.1) is 5.92 Å². The maximum atomic E-state index is 9.60. The van der Waals surface area contributed by atoms with Crippen LogP contribution in [-0.2, 0) is 4.74 Å². The normalized spacial score (nSPS) is 31.2. The van der Waals surface area contributed by atoms with Gasteiger partial charge in [-0.25, -0.2) is 0 Å². The Morgan fingerprint density at radius 2 is 2.08 bits per heavy atom. The second-order valence-electron chi connectivity index (χ2n) is 3.66. The molecule has 0 radical (unpaired) electrons. The van der Waals surface area contributed by atoms with Gasteiger partial charge in [0.2, 0.25) is 0 Å². The van der Waals surface area contributed by atoms with Gasteiger partial charge < -0.3 is 9.84 Å². The van der Waals surface area contributed by atoms with Crippen molar-refractivity contribution in [3.63, 3.8) is 0 Å². The number of aliphatic hydroxyl groups excluding tert-OH is 1. The van der Waals surface area contributed by atoms with E-state index in [2.05, 4.69) is 6.92 Å². The maximum Gasteiger partial charge on any atom is 0.0582 e. The standard InChI is InChI=1S/C10H20O2/c1-3-5-10(11)8-6-9(7-8)12-4-2/h8-11H,3-7H2,1-2H3. The molecule has 1 aliphatic carbocycles. The van der Waals surface area contributed by atoms with Crippen molar-refractivity contribution in [2.45, 2.75) is 51.7 Å². The minimum Gasteiger partial charge on any atom is -0.393 e. The summed E-state index contributed by atoms with van der Waals surface area (Å²) in [5, 5.41) is 9.60. The summed E-state index contributed by atoms with van der Waals surface area (Å²) in [4.78, 5) is 0. The van der Waals surface area contributed by atoms with Gasteiger partial charge in [0.25, 0.3) is 0 Å². The van der Waals surface area contributed by atoms with E-state index in [1.165, 1.54) is 0 Å². The molecule has 0 heterocycles. The molecular formula is C10H20O2. The predicted octanol–water partition coefficient (Wildman–Crippen LogP) is 1.96. The van der Waals surface area contributed by atoms with E-state index in [1.807, 2.05) is 6.92 Å². The number of ether oxygens (including phenoxy) is 1. The van der Waals surface area contributed by atoms with Gasteiger partial charge in [-0.05, 0) is 32.1 Å². The van der Waals surface area contributed by atoms with Crippen molar-refractivity contribution in [3.05, 3.63) is 0 Å². The van der Waals surface area contributed by atoms with Crippen molar-refractivity contribution in [3.8, 4) is 0 Å². The molecule has 2 nitrogen and oxygen atoms in total. The van der Waals surface area contributed by atoms with Gasteiger partial charge in [0, 0.05) is 6.61 Å². The molecule has 0 aromatic heterocycles. The van der Waals surface area contributed by atoms with Gasteiger partial charge in [-0.15, -0.1) is 0 Å². The first-order valence-corrected chi connectivity index (χ1v) is 5.07. The molecule has 0 spiro atoms. The summed E-state index contributed by atoms with van der Waals surface area (Å²) in [6.45, 7) is 4.94. The topological polar surface area (TPSA) is 29.5 Å². The Morgan fingerprint density at radius 3 is 2.58 bits per heavy atom. The highest BCUT2D eigenvalue weighted by Gasteiger charge is 2.33. The molecule has 0 amide bonds. The Hall–Kier alpha value is -0.0800. The van der Waals surface area contributed by atoms with Gasteiger partial charge in [-0.2, -0.15) is 0 Å². The molecule has 0 aromatic rings. The van der Waals surface area contributed by atoms with E-state index in [4.69, 9.17) is 4.74 Å². The molecule has 0 aliphatic heterocycles. The zero-order valence-corrected chi connectivity index (χ0v) is 8.12. The molecule has 1 saturated carbocycles. The van der Waals surface area contributed by atoms with E-state index in [-0.39, 0.29) is 6.10 Å². The van der Waals surface area contributed by atoms with Crippen LogP contribution in [0.25, 0.3) is 0 Å². The molecule has 72 valence electrons. The highest BCUT2D eigenvalue weighted by Crippen LogP contribution is 2.34. The summed E-state index contributed by atoms with van der Waals surface area (Å²) in [6, 6.07) is 0. The van der Waals surface area contributed by atoms with E-state index in [0.29, 0.717) is 12.0 Å². The van der Waals surface area contributed by atoms with Crippen molar-refractivity contribution in [1.29, 1.82) is 0 Å². The van der Waals surface area contributed by atoms with E-state index < -0.39 is 0 Å². The summed E-state index contributed by atoms with van der Waals surface area (Å²) in [5.74, 6) is 0.515. The zero-order valence-electron chi connectivity index (χ0n) is 8.12. The SMILES string of the molecule is CCCC(O)C1CC(OCC)C1. The van der Waals surface area contributed by atoms with Gasteiger partial charge >= 0.3 is 0 Å². The van der Waals surface area contributed by atoms with Gasteiger partial charge in [-0.3, -0.25) is 0 Å². The van der Waals surface area contributed by atoms with Crippen LogP contribution in [0.15, 0.2) is 0 Å². The van der Waals surface area contributed by atoms with Crippen molar-refractivity contribution in [2.75, 3.05) is 6.61 Å². The van der Waals surface area contributed by atoms with Crippen LogP contribution < -0.4 is 0 Å². The molecule has 1 atom stereocenters. The van der Waals surface area contributed by atoms with Crippen LogP contribution in [0.4, 0.5) is 0 Å². The Kier molecular flexibility index (Phi) is 4.02. The number of hydrogen-bond acceptors (Lipinski definition) is 2. The predicted molar refractivity (Wildman–Crippen MR) is 49.1 cm³/mol. The Bertz CT molecular complexity index is 119. The van der Waals surface area contributed by atoms with Gasteiger partial charge in [0.15, 0.2) is 0 Å². The number of rotatable bonds is 5. The van der Waals surface area contributed by atoms with Crippen LogP contribution >= 0.6 is 0 Å². The molecule has 1 aliphatic rings. The van der Waals surface area contributed by atoms with Crippen molar-refractivity contribution >= 4 is 0 Å². The molecule has 1 unspecified atom stereocenters. The number of hydrogen-bond donors (Lipinski definition) is 1.